The summed E-state index contributed by atoms with van der Waals surface area (Å²) in [5, 5.41) is 2.98. The second-order valence-electron chi connectivity index (χ2n) is 10.8. The molecule has 0 saturated carbocycles. The molecule has 4 heterocycles. The van der Waals surface area contributed by atoms with Crippen molar-refractivity contribution in [3.8, 4) is 5.88 Å². The molecular weight excluding hydrogens is 562 g/mol. The molecule has 0 aliphatic carbocycles. The number of aromatic nitrogens is 3. The Kier molecular flexibility index (Phi) is 10.1. The normalized spacial score (nSPS) is 19.6. The van der Waals surface area contributed by atoms with Crippen LogP contribution in [0.4, 0.5) is 0 Å². The molecule has 1 aromatic carbocycles. The first-order valence-corrected chi connectivity index (χ1v) is 15.1. The number of nitrogens with zero attached hydrogens (tertiary/aromatic N) is 6. The van der Waals surface area contributed by atoms with E-state index < -0.39 is 12.1 Å². The minimum absolute atomic E-state index is 0.165. The summed E-state index contributed by atoms with van der Waals surface area (Å²) in [6, 6.07) is 11.1. The summed E-state index contributed by atoms with van der Waals surface area (Å²) in [4.78, 5) is 72.2. The second kappa shape index (κ2) is 14.5. The van der Waals surface area contributed by atoms with E-state index in [-0.39, 0.29) is 53.7 Å². The lowest BCUT2D eigenvalue weighted by Gasteiger charge is -2.31. The Balaban J connectivity index is 1.44. The summed E-state index contributed by atoms with van der Waals surface area (Å²) < 4.78 is 5.62. The highest BCUT2D eigenvalue weighted by Gasteiger charge is 2.44. The summed E-state index contributed by atoms with van der Waals surface area (Å²) in [6.07, 6.45) is 8.09. The van der Waals surface area contributed by atoms with Gasteiger partial charge in [0.05, 0.1) is 18.8 Å². The van der Waals surface area contributed by atoms with E-state index in [9.17, 15) is 19.2 Å². The van der Waals surface area contributed by atoms with E-state index in [4.69, 9.17) is 4.74 Å². The third kappa shape index (κ3) is 7.01. The van der Waals surface area contributed by atoms with Gasteiger partial charge in [-0.15, -0.1) is 0 Å². The van der Waals surface area contributed by atoms with Gasteiger partial charge in [0.2, 0.25) is 11.8 Å². The van der Waals surface area contributed by atoms with Crippen molar-refractivity contribution in [2.45, 2.75) is 44.7 Å². The number of nitrogens with one attached hydrogen (secondary N) is 1. The number of pyridine rings is 1. The van der Waals surface area contributed by atoms with Crippen molar-refractivity contribution in [1.82, 2.24) is 35.0 Å². The molecule has 1 N–H and O–H groups in total. The first-order valence-electron chi connectivity index (χ1n) is 15.1. The van der Waals surface area contributed by atoms with Crippen LogP contribution >= 0.6 is 0 Å². The first kappa shape index (κ1) is 30.6. The van der Waals surface area contributed by atoms with Gasteiger partial charge in [0.1, 0.15) is 17.3 Å². The summed E-state index contributed by atoms with van der Waals surface area (Å²) in [7, 11) is 0. The van der Waals surface area contributed by atoms with E-state index in [0.29, 0.717) is 57.6 Å². The van der Waals surface area contributed by atoms with Crippen LogP contribution in [0.3, 0.4) is 0 Å². The number of likely N-dealkylation sites (tertiary alicyclic amines) is 1. The van der Waals surface area contributed by atoms with Gasteiger partial charge in [0, 0.05) is 56.9 Å². The predicted molar refractivity (Wildman–Crippen MR) is 161 cm³/mol. The smallest absolute Gasteiger partial charge is 0.274 e. The molecule has 2 fully saturated rings. The lowest BCUT2D eigenvalue weighted by molar-refractivity contribution is -0.124. The summed E-state index contributed by atoms with van der Waals surface area (Å²) in [5.74, 6) is -0.868. The van der Waals surface area contributed by atoms with Crippen LogP contribution < -0.4 is 10.1 Å². The monoisotopic (exact) mass is 599 g/mol. The van der Waals surface area contributed by atoms with E-state index in [1.54, 1.807) is 52.4 Å². The number of rotatable bonds is 5. The first-order chi connectivity index (χ1) is 21.5. The number of benzene rings is 1. The van der Waals surface area contributed by atoms with Crippen molar-refractivity contribution in [3.05, 3.63) is 84.1 Å². The molecule has 2 aliphatic rings. The standard InChI is InChI=1S/C32H37N7O5/c1-2-44-29-25(12-8-14-36-29)31(42)39-22-24-20-27(39)28(40)35-13-6-7-17-37(32(43)26-21-33-15-16-34-26)18-9-19-38(24)30(41)23-10-4-3-5-11-23/h3-5,8,10-12,14-16,21,24,27H,2,6-7,9,13,17-20,22H2,1H3,(H,35,40)/t24-,27-/m0/s1. The van der Waals surface area contributed by atoms with E-state index in [0.717, 1.165) is 0 Å². The molecule has 12 heteroatoms. The Morgan fingerprint density at radius 1 is 0.886 bits per heavy atom. The summed E-state index contributed by atoms with van der Waals surface area (Å²) in [5.41, 5.74) is 1.04. The van der Waals surface area contributed by atoms with Crippen molar-refractivity contribution in [1.29, 1.82) is 0 Å². The Morgan fingerprint density at radius 2 is 1.70 bits per heavy atom. The van der Waals surface area contributed by atoms with E-state index >= 15 is 0 Å². The van der Waals surface area contributed by atoms with Crippen molar-refractivity contribution in [2.24, 2.45) is 0 Å². The Bertz CT molecular complexity index is 1460. The highest BCUT2D eigenvalue weighted by Crippen LogP contribution is 2.28. The maximum Gasteiger partial charge on any atom is 0.274 e. The van der Waals surface area contributed by atoms with Crippen molar-refractivity contribution in [3.63, 3.8) is 0 Å². The Hall–Kier alpha value is -4.87. The number of amides is 4. The van der Waals surface area contributed by atoms with Crippen LogP contribution in [0.2, 0.25) is 0 Å². The van der Waals surface area contributed by atoms with Gasteiger partial charge >= 0.3 is 0 Å². The predicted octanol–water partition coefficient (Wildman–Crippen LogP) is 2.44. The number of ether oxygens (including phenoxy) is 1. The molecule has 0 radical (unpaired) electrons. The molecule has 2 atom stereocenters. The number of carbonyl (C=O) groups excluding carboxylic acids is 4. The minimum Gasteiger partial charge on any atom is -0.477 e. The lowest BCUT2D eigenvalue weighted by atomic mass is 10.1. The lowest BCUT2D eigenvalue weighted by Crippen LogP contribution is -2.46. The molecule has 4 amide bonds. The molecule has 2 bridgehead atoms. The largest absolute Gasteiger partial charge is 0.477 e. The Morgan fingerprint density at radius 3 is 2.48 bits per heavy atom. The molecule has 2 saturated heterocycles. The molecule has 12 nitrogen and oxygen atoms in total. The molecule has 5 rings (SSSR count). The average molecular weight is 600 g/mol. The van der Waals surface area contributed by atoms with Gasteiger partial charge in [0.15, 0.2) is 0 Å². The van der Waals surface area contributed by atoms with Crippen LogP contribution in [0.5, 0.6) is 5.88 Å². The maximum absolute atomic E-state index is 13.9. The fourth-order valence-corrected chi connectivity index (χ4v) is 5.74. The van der Waals surface area contributed by atoms with Crippen LogP contribution in [0.25, 0.3) is 0 Å². The third-order valence-electron chi connectivity index (χ3n) is 7.90. The fourth-order valence-electron chi connectivity index (χ4n) is 5.74. The number of fused-ring (bicyclic) bond motifs is 2. The van der Waals surface area contributed by atoms with Gasteiger partial charge in [0.25, 0.3) is 17.7 Å². The second-order valence-corrected chi connectivity index (χ2v) is 10.8. The van der Waals surface area contributed by atoms with Gasteiger partial charge < -0.3 is 24.8 Å². The summed E-state index contributed by atoms with van der Waals surface area (Å²) in [6.45, 7) is 3.91. The SMILES string of the molecule is CCOc1ncccc1C(=O)N1C[C@@H]2C[C@H]1C(=O)NCCCCN(C(=O)c1cnccn1)CCCN2C(=O)c1ccccc1. The topological polar surface area (TPSA) is 138 Å². The third-order valence-corrected chi connectivity index (χ3v) is 7.90. The maximum atomic E-state index is 13.9. The molecule has 0 spiro atoms. The van der Waals surface area contributed by atoms with Crippen molar-refractivity contribution < 1.29 is 23.9 Å². The van der Waals surface area contributed by atoms with Crippen molar-refractivity contribution >= 4 is 23.6 Å². The molecular formula is C32H37N7O5. The van der Waals surface area contributed by atoms with Gasteiger partial charge in [-0.1, -0.05) is 18.2 Å². The molecule has 2 aliphatic heterocycles. The van der Waals surface area contributed by atoms with Gasteiger partial charge in [-0.25, -0.2) is 9.97 Å². The highest BCUT2D eigenvalue weighted by molar-refractivity contribution is 6.00. The van der Waals surface area contributed by atoms with Crippen LogP contribution in [-0.4, -0.2) is 105 Å². The molecule has 0 unspecified atom stereocenters. The number of hydrogen-bond donors (Lipinski definition) is 1. The molecule has 230 valence electrons. The molecule has 2 aromatic heterocycles. The van der Waals surface area contributed by atoms with E-state index in [1.165, 1.54) is 23.5 Å². The Labute approximate surface area is 256 Å². The van der Waals surface area contributed by atoms with E-state index in [1.807, 2.05) is 13.0 Å². The zero-order valence-corrected chi connectivity index (χ0v) is 24.8. The van der Waals surface area contributed by atoms with Crippen LogP contribution in [0.15, 0.2) is 67.3 Å². The molecule has 3 aromatic rings. The van der Waals surface area contributed by atoms with Crippen LogP contribution in [0.1, 0.15) is 63.8 Å². The molecule has 44 heavy (non-hydrogen) atoms. The van der Waals surface area contributed by atoms with Gasteiger partial charge in [-0.3, -0.25) is 24.2 Å². The minimum atomic E-state index is -0.772. The quantitative estimate of drug-likeness (QED) is 0.472. The summed E-state index contributed by atoms with van der Waals surface area (Å²) >= 11 is 0. The fraction of sp³-hybridized carbons (Fsp3) is 0.406. The van der Waals surface area contributed by atoms with Crippen LogP contribution in [0, 0.1) is 0 Å². The number of carbonyl (C=O) groups is 4. The average Bonchev–Trinajstić information content (AvgIpc) is 3.51. The number of hydrogen-bond acceptors (Lipinski definition) is 8. The zero-order valence-electron chi connectivity index (χ0n) is 24.8. The van der Waals surface area contributed by atoms with E-state index in [2.05, 4.69) is 20.3 Å². The van der Waals surface area contributed by atoms with Gasteiger partial charge in [-0.05, 0) is 56.9 Å². The van der Waals surface area contributed by atoms with Gasteiger partial charge in [-0.2, -0.15) is 0 Å². The highest BCUT2D eigenvalue weighted by atomic mass is 16.5. The van der Waals surface area contributed by atoms with Crippen molar-refractivity contribution in [2.75, 3.05) is 39.3 Å². The van der Waals surface area contributed by atoms with Crippen LogP contribution in [-0.2, 0) is 4.79 Å². The zero-order chi connectivity index (χ0) is 30.9.